The number of carbonyl (C=O) groups is 3. The van der Waals surface area contributed by atoms with E-state index in [0.717, 1.165) is 0 Å². The summed E-state index contributed by atoms with van der Waals surface area (Å²) >= 11 is 0. The van der Waals surface area contributed by atoms with Gasteiger partial charge in [-0.15, -0.1) is 0 Å². The van der Waals surface area contributed by atoms with Gasteiger partial charge in [-0.25, -0.2) is 0 Å². The third-order valence-electron chi connectivity index (χ3n) is 3.90. The molecule has 0 aliphatic carbocycles. The molecule has 0 saturated carbocycles. The molecule has 5 amide bonds. The summed E-state index contributed by atoms with van der Waals surface area (Å²) in [5.41, 5.74) is 10.3. The molecule has 0 saturated heterocycles. The molecule has 0 aromatic carbocycles. The van der Waals surface area contributed by atoms with E-state index in [1.807, 2.05) is 0 Å². The van der Waals surface area contributed by atoms with E-state index in [1.54, 1.807) is 0 Å². The van der Waals surface area contributed by atoms with Crippen molar-refractivity contribution >= 4 is 30.5 Å². The van der Waals surface area contributed by atoms with Gasteiger partial charge >= 0.3 is 0 Å². The molecule has 0 bridgehead atoms. The minimum atomic E-state index is -1.09. The molecule has 0 aliphatic rings. The summed E-state index contributed by atoms with van der Waals surface area (Å²) in [6, 6.07) is 0. The minimum absolute atomic E-state index is 0. The zero-order chi connectivity index (χ0) is 24.8. The molecule has 35 heavy (non-hydrogen) atoms. The van der Waals surface area contributed by atoms with Gasteiger partial charge in [0.1, 0.15) is 0 Å². The first kappa shape index (κ1) is 34.8. The van der Waals surface area contributed by atoms with Gasteiger partial charge in [-0.1, -0.05) is 0 Å². The molecule has 0 atom stereocenters. The average Bonchev–Trinajstić information content (AvgIpc) is 2.78. The van der Waals surface area contributed by atoms with Crippen LogP contribution in [0.5, 0.6) is 0 Å². The van der Waals surface area contributed by atoms with E-state index < -0.39 is 11.4 Å². The quantitative estimate of drug-likeness (QED) is 0.0334. The molecule has 0 aromatic rings. The molecular weight excluding hydrogens is 954 g/mol. The Morgan fingerprint density at radius 3 is 1.40 bits per heavy atom. The van der Waals surface area contributed by atoms with Gasteiger partial charge in [0.05, 0.1) is 45.2 Å². The number of nitrogens with one attached hydrogen (secondary N) is 4. The van der Waals surface area contributed by atoms with Crippen molar-refractivity contribution in [2.45, 2.75) is 24.8 Å². The van der Waals surface area contributed by atoms with Gasteiger partial charge in [0.15, 0.2) is 0 Å². The van der Waals surface area contributed by atoms with E-state index in [-0.39, 0.29) is 96.9 Å². The Morgan fingerprint density at radius 1 is 0.686 bits per heavy atom. The third-order valence-corrected chi connectivity index (χ3v) is 3.90. The smallest absolute Gasteiger partial charge is 0.222 e. The van der Waals surface area contributed by atoms with Crippen molar-refractivity contribution in [1.82, 2.24) is 21.3 Å². The molecule has 16 heteroatoms. The van der Waals surface area contributed by atoms with Crippen molar-refractivity contribution in [3.8, 4) is 0 Å². The summed E-state index contributed by atoms with van der Waals surface area (Å²) in [5, 5.41) is 9.80. The minimum Gasteiger partial charge on any atom is -0.528 e. The van der Waals surface area contributed by atoms with Gasteiger partial charge in [-0.3, -0.25) is 14.4 Å². The van der Waals surface area contributed by atoms with Crippen molar-refractivity contribution in [3.63, 3.8) is 0 Å². The van der Waals surface area contributed by atoms with Crippen molar-refractivity contribution < 1.29 is 38.2 Å². The Kier molecular flexibility index (Phi) is 22.3. The Balaban J connectivity index is -0.00000512. The van der Waals surface area contributed by atoms with E-state index in [9.17, 15) is 24.0 Å². The fourth-order valence-corrected chi connectivity index (χ4v) is 2.26. The van der Waals surface area contributed by atoms with Crippen molar-refractivity contribution in [2.24, 2.45) is 11.5 Å². The third kappa shape index (κ3) is 22.2. The van der Waals surface area contributed by atoms with Gasteiger partial charge in [0.25, 0.3) is 0 Å². The second-order valence-corrected chi connectivity index (χ2v) is 6.99. The van der Waals surface area contributed by atoms with Crippen LogP contribution in [0.15, 0.2) is 0 Å². The first-order valence-electron chi connectivity index (χ1n) is 10.4. The molecule has 0 heterocycles. The van der Waals surface area contributed by atoms with Crippen LogP contribution >= 0.6 is 0 Å². The van der Waals surface area contributed by atoms with E-state index in [4.69, 9.17) is 25.7 Å². The van der Waals surface area contributed by atoms with Gasteiger partial charge in [0, 0.05) is 45.4 Å². The van der Waals surface area contributed by atoms with Crippen LogP contribution in [-0.2, 0) is 38.2 Å². The summed E-state index contributed by atoms with van der Waals surface area (Å²) < 4.78 is 16.4. The molecule has 8 N–H and O–H groups in total. The Morgan fingerprint density at radius 2 is 1.06 bits per heavy atom. The molecular formula is C19H34Fm2N6O8-2. The molecule has 0 radical (unpaired) electrons. The molecule has 0 spiro atoms. The van der Waals surface area contributed by atoms with Crippen LogP contribution in [0, 0.1) is 0 Å². The van der Waals surface area contributed by atoms with Crippen LogP contribution in [-0.4, -0.2) is 102 Å². The van der Waals surface area contributed by atoms with Gasteiger partial charge in [-0.2, -0.15) is 12.8 Å². The largest absolute Gasteiger partial charge is 0.528 e. The number of hydrogen-bond acceptors (Lipinski definition) is 9. The van der Waals surface area contributed by atoms with Crippen LogP contribution in [0.3, 0.4) is 0 Å². The maximum absolute atomic E-state index is 11.7. The van der Waals surface area contributed by atoms with Crippen molar-refractivity contribution in [1.29, 1.82) is 0 Å². The Hall–Kier alpha value is -4.81. The maximum atomic E-state index is 11.7. The Bertz CT molecular complexity index is 568. The topological polar surface area (TPSA) is 213 Å². The first-order chi connectivity index (χ1) is 15.8. The zero-order valence-corrected chi connectivity index (χ0v) is 24.0. The van der Waals surface area contributed by atoms with Crippen molar-refractivity contribution in [3.05, 3.63) is 0 Å². The maximum Gasteiger partial charge on any atom is 0.222 e. The number of ether oxygens (including phenoxy) is 3. The van der Waals surface area contributed by atoms with Crippen molar-refractivity contribution in [2.75, 3.05) is 65.8 Å². The number of nitrogens with two attached hydrogens (primary N) is 2. The van der Waals surface area contributed by atoms with Gasteiger partial charge < -0.3 is 56.5 Å². The van der Waals surface area contributed by atoms with Crippen LogP contribution < -0.4 is 32.7 Å². The van der Waals surface area contributed by atoms with Gasteiger partial charge in [-0.05, 0) is 0 Å². The second kappa shape index (κ2) is 22.4. The predicted octanol–water partition coefficient (Wildman–Crippen LogP) is -4.06. The van der Waals surface area contributed by atoms with Gasteiger partial charge in [0.2, 0.25) is 17.7 Å². The molecule has 214 valence electrons. The van der Waals surface area contributed by atoms with E-state index >= 15 is 0 Å². The first-order valence-corrected chi connectivity index (χ1v) is 10.4. The SMILES string of the molecule is NC(=O)CCOCC(N)(COCCC(=O)NCCN[C-]=O)COCCC(=O)NCCN[C-]=O.[Fm].[Fm]. The molecule has 14 nitrogen and oxygen atoms in total. The summed E-state index contributed by atoms with van der Waals surface area (Å²) in [5.74, 6) is -1.03. The molecule has 0 rings (SSSR count). The van der Waals surface area contributed by atoms with E-state index in [2.05, 4.69) is 21.3 Å². The normalized spacial score (nSPS) is 10.2. The molecule has 0 unspecified atom stereocenters. The second-order valence-electron chi connectivity index (χ2n) is 6.99. The number of carbonyl (C=O) groups excluding carboxylic acids is 5. The van der Waals surface area contributed by atoms with Crippen LogP contribution in [0.2, 0.25) is 0 Å². The zero-order valence-electron chi connectivity index (χ0n) is 19.2. The predicted molar refractivity (Wildman–Crippen MR) is 116 cm³/mol. The monoisotopic (exact) mass is 988 g/mol. The fourth-order valence-electron chi connectivity index (χ4n) is 2.26. The van der Waals surface area contributed by atoms with Crippen LogP contribution in [0.25, 0.3) is 0 Å². The summed E-state index contributed by atoms with van der Waals surface area (Å²) in [6.07, 6.45) is 3.21. The number of hydrogen-bond donors (Lipinski definition) is 6. The summed E-state index contributed by atoms with van der Waals surface area (Å²) in [6.45, 7) is 1.35. The number of rotatable bonds is 23. The van der Waals surface area contributed by atoms with Crippen LogP contribution in [0.4, 0.5) is 0 Å². The number of amides is 5. The van der Waals surface area contributed by atoms with E-state index in [0.29, 0.717) is 0 Å². The van der Waals surface area contributed by atoms with Crippen LogP contribution in [0.1, 0.15) is 19.3 Å². The van der Waals surface area contributed by atoms with E-state index in [1.165, 1.54) is 12.8 Å². The standard InChI is InChI=1S/C19H34N6O8.2Fm/c20-16(28)1-8-31-11-19(21,12-32-9-2-17(29)24-6-4-22-14-26)13-33-10-3-18(30)25-7-5-23-15-27;;/h1-13,21H2,(H2,20,28)(H,22,26)(H,23,27)(H,24,29)(H,25,30);;/q-2;;. The fraction of sp³-hybridized carbons (Fsp3) is 0.737. The average molecular weight is 989 g/mol. The molecule has 0 fully saturated rings. The summed E-state index contributed by atoms with van der Waals surface area (Å²) in [7, 11) is 0. The Labute approximate surface area is 192 Å². The summed E-state index contributed by atoms with van der Waals surface area (Å²) in [4.78, 5) is 54.2. The molecule has 0 aliphatic heterocycles. The number of primary amides is 1. The molecule has 0 aromatic heterocycles.